The zero-order valence-corrected chi connectivity index (χ0v) is 12.6. The monoisotopic (exact) mass is 255 g/mol. The van der Waals surface area contributed by atoms with Gasteiger partial charge in [0.25, 0.3) is 0 Å². The van der Waals surface area contributed by atoms with E-state index in [-0.39, 0.29) is 0 Å². The van der Waals surface area contributed by atoms with Gasteiger partial charge in [0.1, 0.15) is 0 Å². The third-order valence-corrected chi connectivity index (χ3v) is 4.09. The van der Waals surface area contributed by atoms with E-state index in [4.69, 9.17) is 4.84 Å². The van der Waals surface area contributed by atoms with E-state index >= 15 is 0 Å². The highest BCUT2D eigenvalue weighted by molar-refractivity contribution is 4.68. The quantitative estimate of drug-likeness (QED) is 0.458. The van der Waals surface area contributed by atoms with Crippen LogP contribution in [0.15, 0.2) is 0 Å². The lowest BCUT2D eigenvalue weighted by molar-refractivity contribution is -0.271. The van der Waals surface area contributed by atoms with Crippen molar-refractivity contribution >= 4 is 0 Å². The van der Waals surface area contributed by atoms with Gasteiger partial charge in [0.2, 0.25) is 0 Å². The fraction of sp³-hybridized carbons (Fsp3) is 1.00. The van der Waals surface area contributed by atoms with Crippen LogP contribution in [0.25, 0.3) is 0 Å². The first-order chi connectivity index (χ1) is 8.88. The summed E-state index contributed by atoms with van der Waals surface area (Å²) < 4.78 is 0. The lowest BCUT2D eigenvalue weighted by atomic mass is 10.0. The maximum Gasteiger partial charge on any atom is 0.0835 e. The van der Waals surface area contributed by atoms with Crippen molar-refractivity contribution in [2.24, 2.45) is 0 Å². The molecule has 1 fully saturated rings. The Labute approximate surface area is 114 Å². The predicted octanol–water partition coefficient (Wildman–Crippen LogP) is 4.93. The standard InChI is InChI=1S/C16H33NO/c1-3-5-6-7-8-9-10-11-12-13-16(4-2)17-14-15-18-17/h16H,3-15H2,1-2H3. The van der Waals surface area contributed by atoms with Crippen molar-refractivity contribution in [2.45, 2.75) is 90.5 Å². The van der Waals surface area contributed by atoms with E-state index in [0.717, 1.165) is 13.2 Å². The first-order valence-electron chi connectivity index (χ1n) is 8.28. The summed E-state index contributed by atoms with van der Waals surface area (Å²) in [5.41, 5.74) is 0. The van der Waals surface area contributed by atoms with Gasteiger partial charge in [-0.25, -0.2) is 0 Å². The number of hydroxylamine groups is 2. The molecule has 1 atom stereocenters. The fourth-order valence-corrected chi connectivity index (χ4v) is 2.73. The molecule has 0 bridgehead atoms. The zero-order valence-electron chi connectivity index (χ0n) is 12.6. The van der Waals surface area contributed by atoms with Crippen LogP contribution < -0.4 is 0 Å². The van der Waals surface area contributed by atoms with Gasteiger partial charge in [-0.15, -0.1) is 0 Å². The van der Waals surface area contributed by atoms with Crippen molar-refractivity contribution in [1.29, 1.82) is 0 Å². The van der Waals surface area contributed by atoms with Crippen molar-refractivity contribution in [2.75, 3.05) is 13.2 Å². The molecule has 18 heavy (non-hydrogen) atoms. The molecule has 108 valence electrons. The SMILES string of the molecule is CCCCCCCCCCCC(CC)N1CCO1. The van der Waals surface area contributed by atoms with Gasteiger partial charge in [-0.2, -0.15) is 5.06 Å². The smallest absolute Gasteiger partial charge is 0.0835 e. The summed E-state index contributed by atoms with van der Waals surface area (Å²) >= 11 is 0. The largest absolute Gasteiger partial charge is 0.297 e. The summed E-state index contributed by atoms with van der Waals surface area (Å²) in [6.07, 6.45) is 15.4. The maximum atomic E-state index is 5.45. The normalized spacial score (nSPS) is 17.7. The number of hydrogen-bond donors (Lipinski definition) is 0. The van der Waals surface area contributed by atoms with Gasteiger partial charge < -0.3 is 0 Å². The lowest BCUT2D eigenvalue weighted by Crippen LogP contribution is -2.46. The van der Waals surface area contributed by atoms with E-state index in [1.54, 1.807) is 0 Å². The molecule has 1 unspecified atom stereocenters. The number of nitrogens with zero attached hydrogens (tertiary/aromatic N) is 1. The molecule has 0 aromatic heterocycles. The van der Waals surface area contributed by atoms with Crippen molar-refractivity contribution in [3.8, 4) is 0 Å². The molecular formula is C16H33NO. The molecule has 0 saturated carbocycles. The van der Waals surface area contributed by atoms with Gasteiger partial charge in [0, 0.05) is 12.6 Å². The molecule has 1 saturated heterocycles. The zero-order chi connectivity index (χ0) is 13.1. The molecule has 0 spiro atoms. The average Bonchev–Trinajstić information content (AvgIpc) is 2.33. The topological polar surface area (TPSA) is 12.5 Å². The number of unbranched alkanes of at least 4 members (excludes halogenated alkanes) is 8. The van der Waals surface area contributed by atoms with Crippen LogP contribution in [0.5, 0.6) is 0 Å². The number of rotatable bonds is 12. The Morgan fingerprint density at radius 1 is 0.889 bits per heavy atom. The minimum absolute atomic E-state index is 0.684. The summed E-state index contributed by atoms with van der Waals surface area (Å²) in [6.45, 7) is 6.65. The fourth-order valence-electron chi connectivity index (χ4n) is 2.73. The molecule has 0 aromatic rings. The second kappa shape index (κ2) is 10.8. The van der Waals surface area contributed by atoms with Gasteiger partial charge in [0.05, 0.1) is 6.61 Å². The Hall–Kier alpha value is -0.0800. The molecule has 0 amide bonds. The van der Waals surface area contributed by atoms with Crippen LogP contribution in [0.4, 0.5) is 0 Å². The van der Waals surface area contributed by atoms with Crippen LogP contribution in [0.3, 0.4) is 0 Å². The maximum absolute atomic E-state index is 5.45. The molecular weight excluding hydrogens is 222 g/mol. The second-order valence-electron chi connectivity index (χ2n) is 5.65. The van der Waals surface area contributed by atoms with E-state index < -0.39 is 0 Å². The van der Waals surface area contributed by atoms with Crippen molar-refractivity contribution in [1.82, 2.24) is 5.06 Å². The molecule has 0 N–H and O–H groups in total. The van der Waals surface area contributed by atoms with Crippen LogP contribution in [0.1, 0.15) is 84.5 Å². The van der Waals surface area contributed by atoms with Crippen LogP contribution >= 0.6 is 0 Å². The molecule has 2 heteroatoms. The third kappa shape index (κ3) is 6.75. The summed E-state index contributed by atoms with van der Waals surface area (Å²) in [4.78, 5) is 5.45. The van der Waals surface area contributed by atoms with E-state index in [2.05, 4.69) is 18.9 Å². The van der Waals surface area contributed by atoms with Gasteiger partial charge in [0.15, 0.2) is 0 Å². The summed E-state index contributed by atoms with van der Waals surface area (Å²) in [6, 6.07) is 0.684. The highest BCUT2D eigenvalue weighted by Gasteiger charge is 2.23. The van der Waals surface area contributed by atoms with E-state index in [0.29, 0.717) is 6.04 Å². The molecule has 0 aromatic carbocycles. The van der Waals surface area contributed by atoms with Gasteiger partial charge >= 0.3 is 0 Å². The highest BCUT2D eigenvalue weighted by Crippen LogP contribution is 2.18. The van der Waals surface area contributed by atoms with Crippen molar-refractivity contribution < 1.29 is 4.84 Å². The second-order valence-corrected chi connectivity index (χ2v) is 5.65. The van der Waals surface area contributed by atoms with Crippen LogP contribution in [0.2, 0.25) is 0 Å². The minimum Gasteiger partial charge on any atom is -0.297 e. The minimum atomic E-state index is 0.684. The van der Waals surface area contributed by atoms with Gasteiger partial charge in [-0.1, -0.05) is 71.6 Å². The van der Waals surface area contributed by atoms with Crippen LogP contribution in [-0.4, -0.2) is 24.3 Å². The van der Waals surface area contributed by atoms with E-state index in [1.807, 2.05) is 0 Å². The van der Waals surface area contributed by atoms with Gasteiger partial charge in [-0.05, 0) is 12.8 Å². The van der Waals surface area contributed by atoms with Crippen molar-refractivity contribution in [3.63, 3.8) is 0 Å². The predicted molar refractivity (Wildman–Crippen MR) is 78.6 cm³/mol. The first kappa shape index (κ1) is 16.0. The summed E-state index contributed by atoms with van der Waals surface area (Å²) in [5.74, 6) is 0. The van der Waals surface area contributed by atoms with E-state index in [9.17, 15) is 0 Å². The summed E-state index contributed by atoms with van der Waals surface area (Å²) in [7, 11) is 0. The Kier molecular flexibility index (Phi) is 9.59. The number of hydrogen-bond acceptors (Lipinski definition) is 2. The Morgan fingerprint density at radius 3 is 1.89 bits per heavy atom. The average molecular weight is 255 g/mol. The molecule has 1 aliphatic rings. The first-order valence-corrected chi connectivity index (χ1v) is 8.28. The van der Waals surface area contributed by atoms with Crippen LogP contribution in [-0.2, 0) is 4.84 Å². The van der Waals surface area contributed by atoms with E-state index in [1.165, 1.54) is 70.6 Å². The molecule has 0 radical (unpaired) electrons. The Balaban J connectivity index is 1.82. The molecule has 1 rings (SSSR count). The van der Waals surface area contributed by atoms with Gasteiger partial charge in [-0.3, -0.25) is 4.84 Å². The lowest BCUT2D eigenvalue weighted by Gasteiger charge is -2.37. The Morgan fingerprint density at radius 2 is 1.44 bits per heavy atom. The Bertz CT molecular complexity index is 180. The molecule has 1 heterocycles. The third-order valence-electron chi connectivity index (χ3n) is 4.09. The molecule has 1 aliphatic heterocycles. The van der Waals surface area contributed by atoms with Crippen molar-refractivity contribution in [3.05, 3.63) is 0 Å². The highest BCUT2D eigenvalue weighted by atomic mass is 16.7. The molecule has 2 nitrogen and oxygen atoms in total. The van der Waals surface area contributed by atoms with Crippen LogP contribution in [0, 0.1) is 0 Å². The molecule has 0 aliphatic carbocycles. The summed E-state index contributed by atoms with van der Waals surface area (Å²) in [5, 5.41) is 2.19.